The molecule has 0 aromatic heterocycles. The second kappa shape index (κ2) is 6.38. The van der Waals surface area contributed by atoms with Crippen LogP contribution in [-0.4, -0.2) is 5.60 Å². The van der Waals surface area contributed by atoms with Gasteiger partial charge in [-0.05, 0) is 43.2 Å². The molecule has 1 aromatic rings. The van der Waals surface area contributed by atoms with Crippen LogP contribution in [0, 0.1) is 5.41 Å². The molecular weight excluding hydrogens is 232 g/mol. The number of hydrogen-bond acceptors (Lipinski definition) is 1. The molecule has 0 aliphatic carbocycles. The third-order valence-electron chi connectivity index (χ3n) is 3.32. The summed E-state index contributed by atoms with van der Waals surface area (Å²) in [5.74, 6) is 0. The lowest BCUT2D eigenvalue weighted by atomic mass is 9.86. The molecule has 0 saturated heterocycles. The minimum atomic E-state index is -0.0651. The molecule has 0 aliphatic heterocycles. The van der Waals surface area contributed by atoms with Crippen LogP contribution >= 0.6 is 0 Å². The summed E-state index contributed by atoms with van der Waals surface area (Å²) in [5.41, 5.74) is 2.67. The molecule has 0 aliphatic rings. The van der Waals surface area contributed by atoms with E-state index < -0.39 is 0 Å². The van der Waals surface area contributed by atoms with Gasteiger partial charge in [-0.15, -0.1) is 0 Å². The number of hydrogen-bond donors (Lipinski definition) is 0. The number of ether oxygens (including phenoxy) is 1. The second-order valence-corrected chi connectivity index (χ2v) is 7.05. The van der Waals surface area contributed by atoms with E-state index in [1.807, 2.05) is 6.08 Å². The summed E-state index contributed by atoms with van der Waals surface area (Å²) >= 11 is 0. The zero-order valence-electron chi connectivity index (χ0n) is 13.1. The fourth-order valence-corrected chi connectivity index (χ4v) is 1.78. The maximum absolute atomic E-state index is 6.06. The first-order valence-electron chi connectivity index (χ1n) is 7.07. The summed E-state index contributed by atoms with van der Waals surface area (Å²) in [5, 5.41) is 0. The fourth-order valence-electron chi connectivity index (χ4n) is 1.78. The van der Waals surface area contributed by atoms with E-state index in [0.29, 0.717) is 12.0 Å². The summed E-state index contributed by atoms with van der Waals surface area (Å²) in [6.45, 7) is 15.6. The zero-order chi connectivity index (χ0) is 14.5. The van der Waals surface area contributed by atoms with Crippen LogP contribution in [0.5, 0.6) is 0 Å². The highest BCUT2D eigenvalue weighted by molar-refractivity contribution is 5.47. The molecule has 106 valence electrons. The van der Waals surface area contributed by atoms with Crippen molar-refractivity contribution >= 4 is 6.08 Å². The summed E-state index contributed by atoms with van der Waals surface area (Å²) < 4.78 is 6.06. The van der Waals surface area contributed by atoms with Crippen LogP contribution in [0.4, 0.5) is 0 Å². The van der Waals surface area contributed by atoms with Crippen molar-refractivity contribution in [1.29, 1.82) is 0 Å². The van der Waals surface area contributed by atoms with Crippen molar-refractivity contribution in [2.45, 2.75) is 59.7 Å². The minimum absolute atomic E-state index is 0.0651. The lowest BCUT2D eigenvalue weighted by Crippen LogP contribution is -2.26. The van der Waals surface area contributed by atoms with E-state index in [1.165, 1.54) is 12.0 Å². The number of rotatable bonds is 6. The largest absolute Gasteiger partial charge is 0.371 e. The van der Waals surface area contributed by atoms with Crippen molar-refractivity contribution < 1.29 is 4.74 Å². The van der Waals surface area contributed by atoms with Crippen molar-refractivity contribution in [2.75, 3.05) is 0 Å². The molecule has 0 unspecified atom stereocenters. The van der Waals surface area contributed by atoms with Gasteiger partial charge in [0.25, 0.3) is 0 Å². The summed E-state index contributed by atoms with van der Waals surface area (Å²) in [6.07, 6.45) is 4.12. The average molecular weight is 260 g/mol. The van der Waals surface area contributed by atoms with Crippen LogP contribution < -0.4 is 0 Å². The molecule has 0 heterocycles. The molecular formula is C18H28O. The first kappa shape index (κ1) is 16.0. The van der Waals surface area contributed by atoms with Gasteiger partial charge in [0.15, 0.2) is 0 Å². The van der Waals surface area contributed by atoms with E-state index in [9.17, 15) is 0 Å². The lowest BCUT2D eigenvalue weighted by molar-refractivity contribution is -0.0409. The molecule has 0 N–H and O–H groups in total. The Balaban J connectivity index is 2.47. The summed E-state index contributed by atoms with van der Waals surface area (Å²) in [7, 11) is 0. The lowest BCUT2D eigenvalue weighted by Gasteiger charge is -2.29. The molecule has 0 fully saturated rings. The first-order valence-corrected chi connectivity index (χ1v) is 7.07. The SMILES string of the molecule is C=Cc1ccc(COC(C)(C)CCC(C)(C)C)cc1. The topological polar surface area (TPSA) is 9.23 Å². The molecule has 1 heteroatoms. The Labute approximate surface area is 118 Å². The van der Waals surface area contributed by atoms with Gasteiger partial charge in [0, 0.05) is 0 Å². The van der Waals surface area contributed by atoms with E-state index in [2.05, 4.69) is 65.5 Å². The van der Waals surface area contributed by atoms with Gasteiger partial charge in [-0.25, -0.2) is 0 Å². The molecule has 0 bridgehead atoms. The quantitative estimate of drug-likeness (QED) is 0.660. The fraction of sp³-hybridized carbons (Fsp3) is 0.556. The van der Waals surface area contributed by atoms with E-state index in [-0.39, 0.29) is 5.60 Å². The summed E-state index contributed by atoms with van der Waals surface area (Å²) in [4.78, 5) is 0. The van der Waals surface area contributed by atoms with Gasteiger partial charge in [-0.2, -0.15) is 0 Å². The predicted octanol–water partition coefficient (Wildman–Crippen LogP) is 5.45. The molecule has 0 radical (unpaired) electrons. The molecule has 0 saturated carbocycles. The Hall–Kier alpha value is -1.08. The Bertz CT molecular complexity index is 393. The van der Waals surface area contributed by atoms with Gasteiger partial charge < -0.3 is 4.74 Å². The van der Waals surface area contributed by atoms with Gasteiger partial charge in [0.2, 0.25) is 0 Å². The van der Waals surface area contributed by atoms with Gasteiger partial charge >= 0.3 is 0 Å². The second-order valence-electron chi connectivity index (χ2n) is 7.05. The smallest absolute Gasteiger partial charge is 0.0724 e. The Kier molecular flexibility index (Phi) is 5.37. The predicted molar refractivity (Wildman–Crippen MR) is 84.1 cm³/mol. The average Bonchev–Trinajstić information content (AvgIpc) is 2.34. The molecule has 0 amide bonds. The van der Waals surface area contributed by atoms with Gasteiger partial charge in [-0.1, -0.05) is 57.7 Å². The maximum Gasteiger partial charge on any atom is 0.0724 e. The van der Waals surface area contributed by atoms with Crippen LogP contribution in [0.15, 0.2) is 30.8 Å². The van der Waals surface area contributed by atoms with E-state index in [4.69, 9.17) is 4.74 Å². The molecule has 19 heavy (non-hydrogen) atoms. The van der Waals surface area contributed by atoms with Crippen LogP contribution in [0.2, 0.25) is 0 Å². The monoisotopic (exact) mass is 260 g/mol. The standard InChI is InChI=1S/C18H28O/c1-7-15-8-10-16(11-9-15)14-19-18(5,6)13-12-17(2,3)4/h7-11H,1,12-14H2,2-6H3. The van der Waals surface area contributed by atoms with Gasteiger partial charge in [0.05, 0.1) is 12.2 Å². The van der Waals surface area contributed by atoms with Crippen LogP contribution in [-0.2, 0) is 11.3 Å². The Morgan fingerprint density at radius 3 is 2.05 bits per heavy atom. The van der Waals surface area contributed by atoms with Crippen molar-refractivity contribution in [3.05, 3.63) is 42.0 Å². The molecule has 0 atom stereocenters. The molecule has 1 rings (SSSR count). The highest BCUT2D eigenvalue weighted by Gasteiger charge is 2.22. The highest BCUT2D eigenvalue weighted by atomic mass is 16.5. The number of benzene rings is 1. The maximum atomic E-state index is 6.06. The Morgan fingerprint density at radius 1 is 1.00 bits per heavy atom. The van der Waals surface area contributed by atoms with E-state index >= 15 is 0 Å². The van der Waals surface area contributed by atoms with E-state index in [1.54, 1.807) is 0 Å². The van der Waals surface area contributed by atoms with Crippen molar-refractivity contribution in [3.63, 3.8) is 0 Å². The third-order valence-corrected chi connectivity index (χ3v) is 3.32. The first-order chi connectivity index (χ1) is 8.72. The normalized spacial score (nSPS) is 12.5. The van der Waals surface area contributed by atoms with Gasteiger partial charge in [0.1, 0.15) is 0 Å². The highest BCUT2D eigenvalue weighted by Crippen LogP contribution is 2.28. The van der Waals surface area contributed by atoms with Gasteiger partial charge in [-0.3, -0.25) is 0 Å². The molecule has 0 spiro atoms. The van der Waals surface area contributed by atoms with Crippen LogP contribution in [0.25, 0.3) is 6.08 Å². The third kappa shape index (κ3) is 6.58. The Morgan fingerprint density at radius 2 is 1.58 bits per heavy atom. The minimum Gasteiger partial charge on any atom is -0.371 e. The van der Waals surface area contributed by atoms with Crippen molar-refractivity contribution in [2.24, 2.45) is 5.41 Å². The summed E-state index contributed by atoms with van der Waals surface area (Å²) in [6, 6.07) is 8.37. The van der Waals surface area contributed by atoms with Crippen LogP contribution in [0.3, 0.4) is 0 Å². The molecule has 1 nitrogen and oxygen atoms in total. The van der Waals surface area contributed by atoms with Crippen LogP contribution in [0.1, 0.15) is 58.6 Å². The van der Waals surface area contributed by atoms with Crippen molar-refractivity contribution in [3.8, 4) is 0 Å². The molecule has 1 aromatic carbocycles. The van der Waals surface area contributed by atoms with E-state index in [0.717, 1.165) is 12.0 Å². The zero-order valence-corrected chi connectivity index (χ0v) is 13.1. The van der Waals surface area contributed by atoms with Crippen molar-refractivity contribution in [1.82, 2.24) is 0 Å².